The van der Waals surface area contributed by atoms with Crippen molar-refractivity contribution in [2.45, 2.75) is 31.6 Å². The van der Waals surface area contributed by atoms with Gasteiger partial charge in [-0.05, 0) is 37.0 Å². The van der Waals surface area contributed by atoms with Crippen molar-refractivity contribution in [2.24, 2.45) is 10.7 Å². The van der Waals surface area contributed by atoms with E-state index in [4.69, 9.17) is 10.5 Å². The van der Waals surface area contributed by atoms with Crippen LogP contribution >= 0.6 is 24.0 Å². The van der Waals surface area contributed by atoms with Gasteiger partial charge in [-0.2, -0.15) is 0 Å². The van der Waals surface area contributed by atoms with Gasteiger partial charge < -0.3 is 15.8 Å². The predicted molar refractivity (Wildman–Crippen MR) is 98.3 cm³/mol. The number of ether oxygens (including phenoxy) is 1. The average molecular weight is 421 g/mol. The molecule has 1 fully saturated rings. The lowest BCUT2D eigenvalue weighted by molar-refractivity contribution is 0.0531. The van der Waals surface area contributed by atoms with E-state index >= 15 is 0 Å². The number of aliphatic imine (C=N–C) groups is 1. The van der Waals surface area contributed by atoms with Gasteiger partial charge in [0.25, 0.3) is 0 Å². The maximum absolute atomic E-state index is 13.1. The lowest BCUT2D eigenvalue weighted by atomic mass is 9.74. The number of rotatable bonds is 5. The Morgan fingerprint density at radius 3 is 2.55 bits per heavy atom. The fourth-order valence-electron chi connectivity index (χ4n) is 2.65. The molecule has 0 spiro atoms. The number of benzene rings is 1. The number of nitrogens with one attached hydrogen (secondary N) is 1. The zero-order chi connectivity index (χ0) is 15.1. The van der Waals surface area contributed by atoms with E-state index in [1.807, 2.05) is 12.1 Å². The molecule has 124 valence electrons. The Kier molecular flexibility index (Phi) is 8.09. The normalized spacial score (nSPS) is 17.6. The molecule has 0 saturated carbocycles. The standard InChI is InChI=1S/C16H24FN3O.HI/c1-2-9-19-15(18)20-12-16(7-10-21-11-8-16)13-3-5-14(17)6-4-13;/h3-6H,2,7-12H2,1H3,(H3,18,19,20);1H. The molecule has 22 heavy (non-hydrogen) atoms. The van der Waals surface area contributed by atoms with Crippen LogP contribution in [0.5, 0.6) is 0 Å². The van der Waals surface area contributed by atoms with Gasteiger partial charge in [-0.1, -0.05) is 19.1 Å². The van der Waals surface area contributed by atoms with Crippen LogP contribution in [0.4, 0.5) is 4.39 Å². The van der Waals surface area contributed by atoms with E-state index in [1.54, 1.807) is 0 Å². The molecule has 1 saturated heterocycles. The highest BCUT2D eigenvalue weighted by Crippen LogP contribution is 2.35. The molecule has 0 aliphatic carbocycles. The molecule has 0 amide bonds. The van der Waals surface area contributed by atoms with Gasteiger partial charge in [0.1, 0.15) is 5.82 Å². The lowest BCUT2D eigenvalue weighted by Gasteiger charge is -2.36. The second-order valence-corrected chi connectivity index (χ2v) is 5.53. The van der Waals surface area contributed by atoms with E-state index in [9.17, 15) is 4.39 Å². The van der Waals surface area contributed by atoms with E-state index < -0.39 is 0 Å². The van der Waals surface area contributed by atoms with E-state index in [0.29, 0.717) is 25.7 Å². The topological polar surface area (TPSA) is 59.6 Å². The van der Waals surface area contributed by atoms with Gasteiger partial charge >= 0.3 is 0 Å². The molecule has 1 heterocycles. The number of hydrogen-bond acceptors (Lipinski definition) is 2. The first kappa shape index (κ1) is 19.2. The van der Waals surface area contributed by atoms with Crippen LogP contribution in [0, 0.1) is 5.82 Å². The molecule has 0 atom stereocenters. The molecular formula is C16H25FIN3O. The molecule has 2 rings (SSSR count). The Balaban J connectivity index is 0.00000242. The molecule has 0 unspecified atom stereocenters. The third-order valence-corrected chi connectivity index (χ3v) is 4.01. The Hall–Kier alpha value is -0.890. The monoisotopic (exact) mass is 421 g/mol. The van der Waals surface area contributed by atoms with Crippen molar-refractivity contribution in [2.75, 3.05) is 26.3 Å². The fourth-order valence-corrected chi connectivity index (χ4v) is 2.65. The first-order valence-corrected chi connectivity index (χ1v) is 7.54. The van der Waals surface area contributed by atoms with Crippen molar-refractivity contribution in [3.63, 3.8) is 0 Å². The smallest absolute Gasteiger partial charge is 0.188 e. The summed E-state index contributed by atoms with van der Waals surface area (Å²) < 4.78 is 18.6. The Morgan fingerprint density at radius 1 is 1.32 bits per heavy atom. The second kappa shape index (κ2) is 9.29. The van der Waals surface area contributed by atoms with Crippen LogP contribution in [0.1, 0.15) is 31.7 Å². The number of nitrogens with two attached hydrogens (primary N) is 1. The summed E-state index contributed by atoms with van der Waals surface area (Å²) in [7, 11) is 0. The summed E-state index contributed by atoms with van der Waals surface area (Å²) in [4.78, 5) is 4.49. The van der Waals surface area contributed by atoms with Crippen molar-refractivity contribution in [1.29, 1.82) is 0 Å². The van der Waals surface area contributed by atoms with Crippen LogP contribution in [-0.2, 0) is 10.2 Å². The molecule has 1 aliphatic rings. The van der Waals surface area contributed by atoms with Gasteiger partial charge in [0.15, 0.2) is 5.96 Å². The summed E-state index contributed by atoms with van der Waals surface area (Å²) in [6.07, 6.45) is 2.76. The van der Waals surface area contributed by atoms with Gasteiger partial charge in [-0.3, -0.25) is 4.99 Å². The van der Waals surface area contributed by atoms with Crippen LogP contribution < -0.4 is 11.1 Å². The molecule has 0 radical (unpaired) electrons. The molecule has 4 nitrogen and oxygen atoms in total. The highest BCUT2D eigenvalue weighted by Gasteiger charge is 2.34. The van der Waals surface area contributed by atoms with E-state index in [-0.39, 0.29) is 35.2 Å². The molecule has 0 aromatic heterocycles. The summed E-state index contributed by atoms with van der Waals surface area (Å²) >= 11 is 0. The molecule has 1 aromatic rings. The molecular weight excluding hydrogens is 396 g/mol. The molecule has 1 aromatic carbocycles. The number of nitrogens with zero attached hydrogens (tertiary/aromatic N) is 1. The first-order valence-electron chi connectivity index (χ1n) is 7.54. The zero-order valence-corrected chi connectivity index (χ0v) is 15.3. The zero-order valence-electron chi connectivity index (χ0n) is 13.0. The number of guanidine groups is 1. The summed E-state index contributed by atoms with van der Waals surface area (Å²) in [5.41, 5.74) is 6.89. The van der Waals surface area contributed by atoms with Crippen LogP contribution in [0.2, 0.25) is 0 Å². The predicted octanol–water partition coefficient (Wildman–Crippen LogP) is 2.81. The highest BCUT2D eigenvalue weighted by molar-refractivity contribution is 14.0. The Morgan fingerprint density at radius 2 is 1.95 bits per heavy atom. The van der Waals surface area contributed by atoms with E-state index in [2.05, 4.69) is 17.2 Å². The van der Waals surface area contributed by atoms with Crippen molar-refractivity contribution in [1.82, 2.24) is 5.32 Å². The minimum absolute atomic E-state index is 0. The third-order valence-electron chi connectivity index (χ3n) is 4.01. The van der Waals surface area contributed by atoms with Gasteiger partial charge in [-0.25, -0.2) is 4.39 Å². The van der Waals surface area contributed by atoms with E-state index in [1.165, 1.54) is 12.1 Å². The lowest BCUT2D eigenvalue weighted by Crippen LogP contribution is -2.39. The average Bonchev–Trinajstić information content (AvgIpc) is 2.52. The van der Waals surface area contributed by atoms with Crippen LogP contribution in [0.15, 0.2) is 29.3 Å². The molecule has 3 N–H and O–H groups in total. The summed E-state index contributed by atoms with van der Waals surface area (Å²) in [5, 5.41) is 3.09. The first-order chi connectivity index (χ1) is 10.2. The van der Waals surface area contributed by atoms with Crippen molar-refractivity contribution >= 4 is 29.9 Å². The number of hydrogen-bond donors (Lipinski definition) is 2. The minimum atomic E-state index is -0.214. The van der Waals surface area contributed by atoms with Crippen LogP contribution in [-0.4, -0.2) is 32.3 Å². The third kappa shape index (κ3) is 5.08. The number of halogens is 2. The van der Waals surface area contributed by atoms with Gasteiger partial charge in [0.05, 0.1) is 6.54 Å². The maximum Gasteiger partial charge on any atom is 0.188 e. The minimum Gasteiger partial charge on any atom is -0.381 e. The van der Waals surface area contributed by atoms with Gasteiger partial charge in [0, 0.05) is 25.2 Å². The Bertz CT molecular complexity index is 473. The molecule has 6 heteroatoms. The Labute approximate surface area is 148 Å². The largest absolute Gasteiger partial charge is 0.381 e. The van der Waals surface area contributed by atoms with Crippen molar-refractivity contribution in [3.8, 4) is 0 Å². The van der Waals surface area contributed by atoms with Crippen molar-refractivity contribution < 1.29 is 9.13 Å². The van der Waals surface area contributed by atoms with Crippen molar-refractivity contribution in [3.05, 3.63) is 35.6 Å². The van der Waals surface area contributed by atoms with E-state index in [0.717, 1.165) is 31.4 Å². The van der Waals surface area contributed by atoms with Gasteiger partial charge in [-0.15, -0.1) is 24.0 Å². The summed E-state index contributed by atoms with van der Waals surface area (Å²) in [5.74, 6) is 0.262. The summed E-state index contributed by atoms with van der Waals surface area (Å²) in [6, 6.07) is 6.72. The van der Waals surface area contributed by atoms with Crippen LogP contribution in [0.3, 0.4) is 0 Å². The summed E-state index contributed by atoms with van der Waals surface area (Å²) in [6.45, 7) is 4.91. The fraction of sp³-hybridized carbons (Fsp3) is 0.562. The van der Waals surface area contributed by atoms with Gasteiger partial charge in [0.2, 0.25) is 0 Å². The quantitative estimate of drug-likeness (QED) is 0.437. The SMILES string of the molecule is CCCNC(N)=NCC1(c2ccc(F)cc2)CCOCC1.I. The second-order valence-electron chi connectivity index (χ2n) is 5.53. The van der Waals surface area contributed by atoms with Crippen LogP contribution in [0.25, 0.3) is 0 Å². The highest BCUT2D eigenvalue weighted by atomic mass is 127. The molecule has 1 aliphatic heterocycles. The maximum atomic E-state index is 13.1. The molecule has 0 bridgehead atoms.